The standard InChI is InChI=1S/C15H13FN2O/c1-10(18)13-6-3-7-14(16)15(13)19-12-5-2-4-11(8-12)9-17/h2-8,10H,18H2,1H3. The molecule has 19 heavy (non-hydrogen) atoms. The predicted octanol–water partition coefficient (Wildman–Crippen LogP) is 3.51. The molecular weight excluding hydrogens is 243 g/mol. The van der Waals surface area contributed by atoms with Crippen molar-refractivity contribution in [2.45, 2.75) is 13.0 Å². The van der Waals surface area contributed by atoms with Gasteiger partial charge >= 0.3 is 0 Å². The van der Waals surface area contributed by atoms with Crippen molar-refractivity contribution in [1.82, 2.24) is 0 Å². The maximum absolute atomic E-state index is 13.8. The molecule has 0 aliphatic carbocycles. The number of hydrogen-bond acceptors (Lipinski definition) is 3. The van der Waals surface area contributed by atoms with E-state index in [9.17, 15) is 4.39 Å². The van der Waals surface area contributed by atoms with Crippen LogP contribution >= 0.6 is 0 Å². The summed E-state index contributed by atoms with van der Waals surface area (Å²) in [7, 11) is 0. The third-order valence-electron chi connectivity index (χ3n) is 2.67. The zero-order valence-electron chi connectivity index (χ0n) is 10.4. The van der Waals surface area contributed by atoms with E-state index in [-0.39, 0.29) is 11.8 Å². The molecule has 3 nitrogen and oxygen atoms in total. The normalized spacial score (nSPS) is 11.7. The number of nitriles is 1. The molecule has 1 atom stereocenters. The Morgan fingerprint density at radius 2 is 2.00 bits per heavy atom. The summed E-state index contributed by atoms with van der Waals surface area (Å²) in [5, 5.41) is 8.83. The molecule has 2 aromatic carbocycles. The van der Waals surface area contributed by atoms with Gasteiger partial charge < -0.3 is 10.5 Å². The molecule has 0 heterocycles. The predicted molar refractivity (Wildman–Crippen MR) is 70.2 cm³/mol. The Balaban J connectivity index is 2.40. The second-order valence-electron chi connectivity index (χ2n) is 4.19. The smallest absolute Gasteiger partial charge is 0.167 e. The molecule has 0 radical (unpaired) electrons. The minimum absolute atomic E-state index is 0.104. The van der Waals surface area contributed by atoms with Crippen molar-refractivity contribution < 1.29 is 9.13 Å². The lowest BCUT2D eigenvalue weighted by Crippen LogP contribution is -2.07. The quantitative estimate of drug-likeness (QED) is 0.914. The van der Waals surface area contributed by atoms with Gasteiger partial charge in [0.15, 0.2) is 11.6 Å². The van der Waals surface area contributed by atoms with Crippen LogP contribution in [0.15, 0.2) is 42.5 Å². The number of benzene rings is 2. The number of rotatable bonds is 3. The monoisotopic (exact) mass is 256 g/mol. The molecule has 1 unspecified atom stereocenters. The van der Waals surface area contributed by atoms with Crippen molar-refractivity contribution in [1.29, 1.82) is 5.26 Å². The lowest BCUT2D eigenvalue weighted by molar-refractivity contribution is 0.432. The van der Waals surface area contributed by atoms with Gasteiger partial charge in [-0.3, -0.25) is 0 Å². The Bertz CT molecular complexity index is 632. The van der Waals surface area contributed by atoms with Gasteiger partial charge in [0.05, 0.1) is 11.6 Å². The average Bonchev–Trinajstić information content (AvgIpc) is 2.41. The molecule has 96 valence electrons. The van der Waals surface area contributed by atoms with Gasteiger partial charge in [-0.15, -0.1) is 0 Å². The van der Waals surface area contributed by atoms with E-state index in [1.54, 1.807) is 43.3 Å². The summed E-state index contributed by atoms with van der Waals surface area (Å²) in [5.41, 5.74) is 6.83. The number of nitrogens with two attached hydrogens (primary N) is 1. The van der Waals surface area contributed by atoms with Crippen LogP contribution in [0.1, 0.15) is 24.1 Å². The molecule has 0 spiro atoms. The third kappa shape index (κ3) is 2.90. The second kappa shape index (κ2) is 5.51. The minimum Gasteiger partial charge on any atom is -0.454 e. The molecule has 2 aromatic rings. The largest absolute Gasteiger partial charge is 0.454 e. The van der Waals surface area contributed by atoms with Crippen LogP contribution in [0.25, 0.3) is 0 Å². The summed E-state index contributed by atoms with van der Waals surface area (Å²) in [6, 6.07) is 12.8. The Morgan fingerprint density at radius 1 is 1.26 bits per heavy atom. The lowest BCUT2D eigenvalue weighted by atomic mass is 10.1. The minimum atomic E-state index is -0.475. The van der Waals surface area contributed by atoms with Crippen molar-refractivity contribution in [3.05, 3.63) is 59.4 Å². The Labute approximate surface area is 111 Å². The van der Waals surface area contributed by atoms with Crippen molar-refractivity contribution in [3.63, 3.8) is 0 Å². The molecule has 0 amide bonds. The highest BCUT2D eigenvalue weighted by Crippen LogP contribution is 2.31. The first-order valence-corrected chi connectivity index (χ1v) is 5.84. The summed E-state index contributed by atoms with van der Waals surface area (Å²) in [6.07, 6.45) is 0. The number of hydrogen-bond donors (Lipinski definition) is 1. The summed E-state index contributed by atoms with van der Waals surface area (Å²) < 4.78 is 19.4. The second-order valence-corrected chi connectivity index (χ2v) is 4.19. The Hall–Kier alpha value is -2.38. The van der Waals surface area contributed by atoms with Crippen LogP contribution < -0.4 is 10.5 Å². The first-order valence-electron chi connectivity index (χ1n) is 5.84. The fourth-order valence-corrected chi connectivity index (χ4v) is 1.74. The first-order chi connectivity index (χ1) is 9.11. The maximum Gasteiger partial charge on any atom is 0.167 e. The van der Waals surface area contributed by atoms with Crippen LogP contribution in [-0.2, 0) is 0 Å². The fraction of sp³-hybridized carbons (Fsp3) is 0.133. The lowest BCUT2D eigenvalue weighted by Gasteiger charge is -2.14. The van der Waals surface area contributed by atoms with Crippen LogP contribution in [0, 0.1) is 17.1 Å². The number of para-hydroxylation sites is 1. The highest BCUT2D eigenvalue weighted by atomic mass is 19.1. The van der Waals surface area contributed by atoms with Crippen LogP contribution in [0.4, 0.5) is 4.39 Å². The van der Waals surface area contributed by atoms with Crippen molar-refractivity contribution in [2.24, 2.45) is 5.73 Å². The third-order valence-corrected chi connectivity index (χ3v) is 2.67. The Morgan fingerprint density at radius 3 is 2.68 bits per heavy atom. The zero-order valence-corrected chi connectivity index (χ0v) is 10.4. The van der Waals surface area contributed by atoms with Crippen LogP contribution in [0.2, 0.25) is 0 Å². The van der Waals surface area contributed by atoms with Crippen molar-refractivity contribution in [3.8, 4) is 17.6 Å². The molecule has 0 fully saturated rings. The van der Waals surface area contributed by atoms with Gasteiger partial charge in [0.1, 0.15) is 5.75 Å². The van der Waals surface area contributed by atoms with Gasteiger partial charge in [0.2, 0.25) is 0 Å². The summed E-state index contributed by atoms with van der Waals surface area (Å²) in [4.78, 5) is 0. The van der Waals surface area contributed by atoms with Crippen molar-refractivity contribution in [2.75, 3.05) is 0 Å². The van der Waals surface area contributed by atoms with Crippen LogP contribution in [-0.4, -0.2) is 0 Å². The molecule has 0 saturated carbocycles. The van der Waals surface area contributed by atoms with E-state index in [2.05, 4.69) is 0 Å². The summed E-state index contributed by atoms with van der Waals surface area (Å²) >= 11 is 0. The highest BCUT2D eigenvalue weighted by Gasteiger charge is 2.14. The van der Waals surface area contributed by atoms with Crippen LogP contribution in [0.3, 0.4) is 0 Å². The van der Waals surface area contributed by atoms with Gasteiger partial charge in [0, 0.05) is 11.6 Å². The molecule has 4 heteroatoms. The Kier molecular flexibility index (Phi) is 3.79. The van der Waals surface area contributed by atoms with E-state index < -0.39 is 5.82 Å². The molecule has 0 aromatic heterocycles. The topological polar surface area (TPSA) is 59.0 Å². The van der Waals surface area contributed by atoms with E-state index in [1.807, 2.05) is 6.07 Å². The molecular formula is C15H13FN2O. The van der Waals surface area contributed by atoms with E-state index in [4.69, 9.17) is 15.7 Å². The summed E-state index contributed by atoms with van der Waals surface area (Å²) in [6.45, 7) is 1.76. The number of nitrogens with zero attached hydrogens (tertiary/aromatic N) is 1. The van der Waals surface area contributed by atoms with E-state index in [0.29, 0.717) is 16.9 Å². The summed E-state index contributed by atoms with van der Waals surface area (Å²) in [5.74, 6) is 0.0378. The number of halogens is 1. The first kappa shape index (κ1) is 13.1. The molecule has 2 rings (SSSR count). The van der Waals surface area contributed by atoms with Gasteiger partial charge in [-0.2, -0.15) is 5.26 Å². The van der Waals surface area contributed by atoms with Gasteiger partial charge in [-0.05, 0) is 31.2 Å². The average molecular weight is 256 g/mol. The zero-order chi connectivity index (χ0) is 13.8. The molecule has 0 aliphatic heterocycles. The van der Waals surface area contributed by atoms with Crippen molar-refractivity contribution >= 4 is 0 Å². The van der Waals surface area contributed by atoms with E-state index in [0.717, 1.165) is 0 Å². The molecule has 2 N–H and O–H groups in total. The van der Waals surface area contributed by atoms with Crippen LogP contribution in [0.5, 0.6) is 11.5 Å². The fourth-order valence-electron chi connectivity index (χ4n) is 1.74. The van der Waals surface area contributed by atoms with E-state index in [1.165, 1.54) is 6.07 Å². The van der Waals surface area contributed by atoms with Gasteiger partial charge in [-0.1, -0.05) is 18.2 Å². The SMILES string of the molecule is CC(N)c1cccc(F)c1Oc1cccc(C#N)c1. The van der Waals surface area contributed by atoms with E-state index >= 15 is 0 Å². The molecule has 0 bridgehead atoms. The maximum atomic E-state index is 13.8. The van der Waals surface area contributed by atoms with Gasteiger partial charge in [-0.25, -0.2) is 4.39 Å². The molecule has 0 aliphatic rings. The van der Waals surface area contributed by atoms with Gasteiger partial charge in [0.25, 0.3) is 0 Å². The molecule has 0 saturated heterocycles. The highest BCUT2D eigenvalue weighted by molar-refractivity contribution is 5.43. The number of ether oxygens (including phenoxy) is 1.